The van der Waals surface area contributed by atoms with E-state index in [1.165, 1.54) is 0 Å². The van der Waals surface area contributed by atoms with Gasteiger partial charge in [-0.25, -0.2) is 0 Å². The Balaban J connectivity index is 2.58. The summed E-state index contributed by atoms with van der Waals surface area (Å²) in [5, 5.41) is 1.06. The molecule has 0 unspecified atom stereocenters. The van der Waals surface area contributed by atoms with Crippen LogP contribution >= 0.6 is 0 Å². The molecule has 2 aromatic rings. The van der Waals surface area contributed by atoms with Gasteiger partial charge in [0, 0.05) is 16.5 Å². The third-order valence-corrected chi connectivity index (χ3v) is 2.62. The Hall–Kier alpha value is -2.03. The number of carbonyl (C=O) groups is 1. The number of hydrogen-bond acceptors (Lipinski definition) is 2. The van der Waals surface area contributed by atoms with Crippen molar-refractivity contribution < 1.29 is 9.21 Å². The number of hydrogen-bond donors (Lipinski definition) is 1. The zero-order chi connectivity index (χ0) is 11.7. The Kier molecular flexibility index (Phi) is 2.52. The predicted molar refractivity (Wildman–Crippen MR) is 63.8 cm³/mol. The van der Waals surface area contributed by atoms with E-state index in [-0.39, 0.29) is 0 Å². The van der Waals surface area contributed by atoms with E-state index >= 15 is 0 Å². The lowest BCUT2D eigenvalue weighted by atomic mass is 10.1. The first kappa shape index (κ1) is 10.5. The molecule has 0 radical (unpaired) electrons. The van der Waals surface area contributed by atoms with Crippen LogP contribution in [0.1, 0.15) is 18.2 Å². The average molecular weight is 215 g/mol. The van der Waals surface area contributed by atoms with Gasteiger partial charge in [-0.2, -0.15) is 0 Å². The summed E-state index contributed by atoms with van der Waals surface area (Å²) in [4.78, 5) is 10.9. The van der Waals surface area contributed by atoms with Crippen molar-refractivity contribution >= 4 is 23.0 Å². The van der Waals surface area contributed by atoms with Gasteiger partial charge in [0.25, 0.3) is 0 Å². The van der Waals surface area contributed by atoms with Crippen LogP contribution in [0.4, 0.5) is 0 Å². The molecule has 0 bridgehead atoms. The Morgan fingerprint density at radius 1 is 1.38 bits per heavy atom. The topological polar surface area (TPSA) is 56.2 Å². The van der Waals surface area contributed by atoms with Gasteiger partial charge >= 0.3 is 0 Å². The molecule has 2 N–H and O–H groups in total. The molecule has 0 aliphatic rings. The first-order valence-electron chi connectivity index (χ1n) is 5.06. The number of benzene rings is 1. The summed E-state index contributed by atoms with van der Waals surface area (Å²) >= 11 is 0. The van der Waals surface area contributed by atoms with Crippen molar-refractivity contribution in [1.29, 1.82) is 0 Å². The van der Waals surface area contributed by atoms with Gasteiger partial charge < -0.3 is 10.2 Å². The van der Waals surface area contributed by atoms with Crippen LogP contribution in [0.2, 0.25) is 0 Å². The molecule has 0 fully saturated rings. The highest BCUT2D eigenvalue weighted by molar-refractivity contribution is 5.96. The standard InChI is InChI=1S/C13H13NO2/c1-8(13(14)15)7-12-9(2)10-5-3-4-6-11(10)16-12/h3-7H,1-2H3,(H2,14,15). The van der Waals surface area contributed by atoms with Gasteiger partial charge in [-0.15, -0.1) is 0 Å². The second-order valence-corrected chi connectivity index (χ2v) is 3.78. The summed E-state index contributed by atoms with van der Waals surface area (Å²) in [5.41, 5.74) is 7.51. The van der Waals surface area contributed by atoms with Gasteiger partial charge in [0.15, 0.2) is 0 Å². The summed E-state index contributed by atoms with van der Waals surface area (Å²) in [6.07, 6.45) is 1.68. The van der Waals surface area contributed by atoms with E-state index in [9.17, 15) is 4.79 Å². The van der Waals surface area contributed by atoms with Crippen LogP contribution in [0.25, 0.3) is 17.0 Å². The molecule has 0 saturated carbocycles. The maximum atomic E-state index is 10.9. The third kappa shape index (κ3) is 1.72. The second-order valence-electron chi connectivity index (χ2n) is 3.78. The number of primary amides is 1. The zero-order valence-electron chi connectivity index (χ0n) is 9.28. The molecule has 16 heavy (non-hydrogen) atoms. The number of para-hydroxylation sites is 1. The zero-order valence-corrected chi connectivity index (χ0v) is 9.28. The minimum Gasteiger partial charge on any atom is -0.456 e. The van der Waals surface area contributed by atoms with E-state index in [4.69, 9.17) is 10.2 Å². The summed E-state index contributed by atoms with van der Waals surface area (Å²) in [5.74, 6) is 0.261. The van der Waals surface area contributed by atoms with Gasteiger partial charge in [-0.1, -0.05) is 18.2 Å². The van der Waals surface area contributed by atoms with Crippen molar-refractivity contribution in [2.45, 2.75) is 13.8 Å². The molecule has 1 aromatic carbocycles. The van der Waals surface area contributed by atoms with Crippen molar-refractivity contribution in [2.75, 3.05) is 0 Å². The lowest BCUT2D eigenvalue weighted by Crippen LogP contribution is -2.11. The number of carbonyl (C=O) groups excluding carboxylic acids is 1. The molecule has 0 saturated heterocycles. The fraction of sp³-hybridized carbons (Fsp3) is 0.154. The van der Waals surface area contributed by atoms with E-state index in [1.807, 2.05) is 31.2 Å². The molecule has 0 aliphatic heterocycles. The lowest BCUT2D eigenvalue weighted by Gasteiger charge is -1.93. The smallest absolute Gasteiger partial charge is 0.244 e. The summed E-state index contributed by atoms with van der Waals surface area (Å²) in [6, 6.07) is 7.77. The number of fused-ring (bicyclic) bond motifs is 1. The van der Waals surface area contributed by atoms with Gasteiger partial charge in [0.05, 0.1) is 0 Å². The normalized spacial score (nSPS) is 12.0. The van der Waals surface area contributed by atoms with Gasteiger partial charge in [-0.3, -0.25) is 4.79 Å². The average Bonchev–Trinajstić information content (AvgIpc) is 2.56. The molecule has 82 valence electrons. The molecule has 2 rings (SSSR count). The van der Waals surface area contributed by atoms with Crippen LogP contribution in [-0.2, 0) is 4.79 Å². The quantitative estimate of drug-likeness (QED) is 0.783. The van der Waals surface area contributed by atoms with Crippen molar-refractivity contribution in [3.8, 4) is 0 Å². The maximum Gasteiger partial charge on any atom is 0.244 e. The highest BCUT2D eigenvalue weighted by atomic mass is 16.3. The van der Waals surface area contributed by atoms with Gasteiger partial charge in [-0.05, 0) is 26.0 Å². The Morgan fingerprint density at radius 3 is 2.69 bits per heavy atom. The SMILES string of the molecule is CC(=Cc1oc2ccccc2c1C)C(N)=O. The van der Waals surface area contributed by atoms with Crippen LogP contribution in [0, 0.1) is 6.92 Å². The summed E-state index contributed by atoms with van der Waals surface area (Å²) in [7, 11) is 0. The Morgan fingerprint density at radius 2 is 2.06 bits per heavy atom. The van der Waals surface area contributed by atoms with Crippen LogP contribution in [0.15, 0.2) is 34.3 Å². The van der Waals surface area contributed by atoms with E-state index in [1.54, 1.807) is 13.0 Å². The first-order chi connectivity index (χ1) is 7.59. The number of furan rings is 1. The Bertz CT molecular complexity index is 579. The molecule has 0 atom stereocenters. The highest BCUT2D eigenvalue weighted by Gasteiger charge is 2.08. The van der Waals surface area contributed by atoms with Gasteiger partial charge in [0.1, 0.15) is 11.3 Å². The van der Waals surface area contributed by atoms with E-state index in [2.05, 4.69) is 0 Å². The van der Waals surface area contributed by atoms with Crippen LogP contribution in [0.5, 0.6) is 0 Å². The van der Waals surface area contributed by atoms with E-state index < -0.39 is 5.91 Å². The number of amides is 1. The highest BCUT2D eigenvalue weighted by Crippen LogP contribution is 2.26. The molecule has 1 aromatic heterocycles. The predicted octanol–water partition coefficient (Wildman–Crippen LogP) is 2.63. The fourth-order valence-corrected chi connectivity index (χ4v) is 1.60. The summed E-state index contributed by atoms with van der Waals surface area (Å²) < 4.78 is 5.64. The Labute approximate surface area is 93.5 Å². The molecule has 0 spiro atoms. The third-order valence-electron chi connectivity index (χ3n) is 2.62. The number of rotatable bonds is 2. The van der Waals surface area contributed by atoms with E-state index in [0.717, 1.165) is 16.5 Å². The largest absolute Gasteiger partial charge is 0.456 e. The summed E-state index contributed by atoms with van der Waals surface area (Å²) in [6.45, 7) is 3.64. The molecular formula is C13H13NO2. The van der Waals surface area contributed by atoms with Crippen LogP contribution in [0.3, 0.4) is 0 Å². The van der Waals surface area contributed by atoms with Crippen LogP contribution < -0.4 is 5.73 Å². The maximum absolute atomic E-state index is 10.9. The molecule has 0 aliphatic carbocycles. The minimum atomic E-state index is -0.431. The lowest BCUT2D eigenvalue weighted by molar-refractivity contribution is -0.114. The fourth-order valence-electron chi connectivity index (χ4n) is 1.60. The van der Waals surface area contributed by atoms with Crippen molar-refractivity contribution in [1.82, 2.24) is 0 Å². The van der Waals surface area contributed by atoms with Crippen molar-refractivity contribution in [3.63, 3.8) is 0 Å². The first-order valence-corrected chi connectivity index (χ1v) is 5.06. The second kappa shape index (κ2) is 3.85. The monoisotopic (exact) mass is 215 g/mol. The number of nitrogens with two attached hydrogens (primary N) is 1. The van der Waals surface area contributed by atoms with Gasteiger partial charge in [0.2, 0.25) is 5.91 Å². The molecule has 1 amide bonds. The van der Waals surface area contributed by atoms with Crippen LogP contribution in [-0.4, -0.2) is 5.91 Å². The van der Waals surface area contributed by atoms with Crippen molar-refractivity contribution in [3.05, 3.63) is 41.2 Å². The van der Waals surface area contributed by atoms with Crippen molar-refractivity contribution in [2.24, 2.45) is 5.73 Å². The van der Waals surface area contributed by atoms with E-state index in [0.29, 0.717) is 11.3 Å². The molecule has 3 nitrogen and oxygen atoms in total. The molecule has 1 heterocycles. The molecule has 3 heteroatoms. The minimum absolute atomic E-state index is 0.431. The molecular weight excluding hydrogens is 202 g/mol. The number of aryl methyl sites for hydroxylation is 1.